The lowest BCUT2D eigenvalue weighted by Crippen LogP contribution is -2.36. The summed E-state index contributed by atoms with van der Waals surface area (Å²) in [7, 11) is 0. The van der Waals surface area contributed by atoms with Crippen LogP contribution in [-0.2, 0) is 11.2 Å². The number of carbonyl (C=O) groups is 1. The Labute approximate surface area is 126 Å². The standard InChI is InChI=1S/C10H19NO2.C5H9N3/c1-2-3-4-7-11-8-5-6-9(11)10(12)13;6-2-1-5-3-7-4-8-5/h9H,2-8H2,1H3,(H,12,13);3-4H,1-2,6H2,(H,7,8). The average molecular weight is 296 g/mol. The number of aromatic nitrogens is 2. The molecule has 1 aromatic rings. The molecule has 6 heteroatoms. The summed E-state index contributed by atoms with van der Waals surface area (Å²) >= 11 is 0. The van der Waals surface area contributed by atoms with E-state index < -0.39 is 5.97 Å². The number of nitrogens with zero attached hydrogens (tertiary/aromatic N) is 2. The van der Waals surface area contributed by atoms with Crippen molar-refractivity contribution >= 4 is 5.97 Å². The molecule has 0 amide bonds. The molecule has 0 radical (unpaired) electrons. The summed E-state index contributed by atoms with van der Waals surface area (Å²) in [6.45, 7) is 4.77. The minimum atomic E-state index is -0.644. The Bertz CT molecular complexity index is 381. The number of H-pyrrole nitrogens is 1. The van der Waals surface area contributed by atoms with Gasteiger partial charge in [-0.05, 0) is 38.9 Å². The Kier molecular flexibility index (Phi) is 8.69. The molecule has 1 aromatic heterocycles. The van der Waals surface area contributed by atoms with E-state index in [1.165, 1.54) is 12.8 Å². The number of imidazole rings is 1. The predicted molar refractivity (Wildman–Crippen MR) is 83.1 cm³/mol. The highest BCUT2D eigenvalue weighted by molar-refractivity contribution is 5.73. The number of unbranched alkanes of at least 4 members (excludes halogenated alkanes) is 2. The number of carboxylic acid groups (broad SMARTS) is 1. The van der Waals surface area contributed by atoms with Gasteiger partial charge in [0, 0.05) is 12.6 Å². The van der Waals surface area contributed by atoms with Gasteiger partial charge in [-0.15, -0.1) is 0 Å². The van der Waals surface area contributed by atoms with E-state index in [0.29, 0.717) is 6.54 Å². The van der Waals surface area contributed by atoms with Crippen LogP contribution < -0.4 is 5.73 Å². The van der Waals surface area contributed by atoms with Gasteiger partial charge in [-0.3, -0.25) is 9.69 Å². The number of hydrogen-bond acceptors (Lipinski definition) is 4. The first kappa shape index (κ1) is 17.7. The molecule has 2 heterocycles. The second kappa shape index (κ2) is 10.3. The van der Waals surface area contributed by atoms with Crippen LogP contribution in [-0.4, -0.2) is 51.6 Å². The lowest BCUT2D eigenvalue weighted by molar-refractivity contribution is -0.142. The first-order valence-electron chi connectivity index (χ1n) is 7.83. The summed E-state index contributed by atoms with van der Waals surface area (Å²) in [4.78, 5) is 19.7. The molecule has 0 aromatic carbocycles. The molecule has 0 spiro atoms. The predicted octanol–water partition coefficient (Wildman–Crippen LogP) is 1.64. The van der Waals surface area contributed by atoms with Crippen LogP contribution in [0.1, 0.15) is 44.7 Å². The van der Waals surface area contributed by atoms with Crippen molar-refractivity contribution in [3.8, 4) is 0 Å². The zero-order valence-electron chi connectivity index (χ0n) is 12.9. The Balaban J connectivity index is 0.000000235. The highest BCUT2D eigenvalue weighted by Crippen LogP contribution is 2.17. The number of aliphatic carboxylic acids is 1. The Morgan fingerprint density at radius 3 is 2.95 bits per heavy atom. The number of rotatable bonds is 7. The fourth-order valence-corrected chi connectivity index (χ4v) is 2.51. The first-order chi connectivity index (χ1) is 10.2. The fraction of sp³-hybridized carbons (Fsp3) is 0.733. The van der Waals surface area contributed by atoms with Crippen molar-refractivity contribution in [2.24, 2.45) is 5.73 Å². The molecule has 6 nitrogen and oxygen atoms in total. The minimum absolute atomic E-state index is 0.197. The molecule has 0 bridgehead atoms. The van der Waals surface area contributed by atoms with Crippen LogP contribution in [0.2, 0.25) is 0 Å². The molecule has 120 valence electrons. The topological polar surface area (TPSA) is 95.2 Å². The van der Waals surface area contributed by atoms with Crippen molar-refractivity contribution in [1.29, 1.82) is 0 Å². The van der Waals surface area contributed by atoms with Crippen LogP contribution in [0, 0.1) is 0 Å². The van der Waals surface area contributed by atoms with Crippen LogP contribution in [0.4, 0.5) is 0 Å². The van der Waals surface area contributed by atoms with Crippen molar-refractivity contribution in [3.05, 3.63) is 18.2 Å². The monoisotopic (exact) mass is 296 g/mol. The number of aromatic amines is 1. The van der Waals surface area contributed by atoms with Gasteiger partial charge in [-0.2, -0.15) is 0 Å². The quantitative estimate of drug-likeness (QED) is 0.665. The normalized spacial score (nSPS) is 18.3. The average Bonchev–Trinajstić information content (AvgIpc) is 3.11. The van der Waals surface area contributed by atoms with E-state index in [1.54, 1.807) is 6.33 Å². The molecule has 1 atom stereocenters. The van der Waals surface area contributed by atoms with Gasteiger partial charge in [-0.1, -0.05) is 19.8 Å². The van der Waals surface area contributed by atoms with Gasteiger partial charge in [0.05, 0.1) is 12.0 Å². The maximum absolute atomic E-state index is 10.8. The second-order valence-electron chi connectivity index (χ2n) is 5.34. The summed E-state index contributed by atoms with van der Waals surface area (Å²) < 4.78 is 0. The molecule has 0 aliphatic carbocycles. The number of nitrogens with one attached hydrogen (secondary N) is 1. The third-order valence-electron chi connectivity index (χ3n) is 3.65. The molecule has 1 saturated heterocycles. The van der Waals surface area contributed by atoms with E-state index in [-0.39, 0.29) is 6.04 Å². The maximum atomic E-state index is 10.8. The van der Waals surface area contributed by atoms with E-state index >= 15 is 0 Å². The van der Waals surface area contributed by atoms with Gasteiger partial charge >= 0.3 is 5.97 Å². The van der Waals surface area contributed by atoms with Crippen LogP contribution in [0.15, 0.2) is 12.5 Å². The van der Waals surface area contributed by atoms with Gasteiger partial charge < -0.3 is 15.8 Å². The highest BCUT2D eigenvalue weighted by atomic mass is 16.4. The van der Waals surface area contributed by atoms with Gasteiger partial charge in [-0.25, -0.2) is 4.98 Å². The van der Waals surface area contributed by atoms with Crippen LogP contribution >= 0.6 is 0 Å². The van der Waals surface area contributed by atoms with Crippen LogP contribution in [0.3, 0.4) is 0 Å². The van der Waals surface area contributed by atoms with Crippen molar-refractivity contribution in [2.45, 2.75) is 51.5 Å². The summed E-state index contributed by atoms with van der Waals surface area (Å²) in [6, 6.07) is -0.197. The summed E-state index contributed by atoms with van der Waals surface area (Å²) in [6.07, 6.45) is 9.81. The van der Waals surface area contributed by atoms with Gasteiger partial charge in [0.2, 0.25) is 0 Å². The van der Waals surface area contributed by atoms with E-state index in [4.69, 9.17) is 10.8 Å². The first-order valence-corrected chi connectivity index (χ1v) is 7.83. The number of likely N-dealkylation sites (tertiary alicyclic amines) is 1. The maximum Gasteiger partial charge on any atom is 0.320 e. The fourth-order valence-electron chi connectivity index (χ4n) is 2.51. The van der Waals surface area contributed by atoms with Crippen molar-refractivity contribution in [3.63, 3.8) is 0 Å². The third kappa shape index (κ3) is 6.73. The van der Waals surface area contributed by atoms with Crippen LogP contribution in [0.5, 0.6) is 0 Å². The van der Waals surface area contributed by atoms with E-state index in [0.717, 1.165) is 44.5 Å². The van der Waals surface area contributed by atoms with Gasteiger partial charge in [0.15, 0.2) is 0 Å². The zero-order valence-corrected chi connectivity index (χ0v) is 12.9. The molecule has 4 N–H and O–H groups in total. The largest absolute Gasteiger partial charge is 0.480 e. The van der Waals surface area contributed by atoms with E-state index in [2.05, 4.69) is 21.8 Å². The van der Waals surface area contributed by atoms with Crippen molar-refractivity contribution in [1.82, 2.24) is 14.9 Å². The van der Waals surface area contributed by atoms with E-state index in [9.17, 15) is 4.79 Å². The summed E-state index contributed by atoms with van der Waals surface area (Å²) in [5.74, 6) is -0.644. The minimum Gasteiger partial charge on any atom is -0.480 e. The zero-order chi connectivity index (χ0) is 15.5. The molecule has 1 aliphatic rings. The summed E-state index contributed by atoms with van der Waals surface area (Å²) in [5, 5.41) is 8.90. The number of hydrogen-bond donors (Lipinski definition) is 3. The second-order valence-corrected chi connectivity index (χ2v) is 5.34. The van der Waals surface area contributed by atoms with Crippen molar-refractivity contribution < 1.29 is 9.90 Å². The molecule has 1 fully saturated rings. The molecule has 0 saturated carbocycles. The SMILES string of the molecule is CCCCCN1CCCC1C(=O)O.NCCc1c[nH]cn1. The lowest BCUT2D eigenvalue weighted by atomic mass is 10.2. The molecular weight excluding hydrogens is 268 g/mol. The van der Waals surface area contributed by atoms with Gasteiger partial charge in [0.25, 0.3) is 0 Å². The van der Waals surface area contributed by atoms with Crippen molar-refractivity contribution in [2.75, 3.05) is 19.6 Å². The Morgan fingerprint density at radius 1 is 1.57 bits per heavy atom. The Hall–Kier alpha value is -1.40. The molecular formula is C15H28N4O2. The number of nitrogens with two attached hydrogens (primary N) is 1. The molecule has 21 heavy (non-hydrogen) atoms. The molecule has 2 rings (SSSR count). The highest BCUT2D eigenvalue weighted by Gasteiger charge is 2.29. The summed E-state index contributed by atoms with van der Waals surface area (Å²) in [5.41, 5.74) is 6.30. The van der Waals surface area contributed by atoms with Crippen LogP contribution in [0.25, 0.3) is 0 Å². The van der Waals surface area contributed by atoms with Gasteiger partial charge in [0.1, 0.15) is 6.04 Å². The lowest BCUT2D eigenvalue weighted by Gasteiger charge is -2.20. The Morgan fingerprint density at radius 2 is 2.38 bits per heavy atom. The molecule has 1 aliphatic heterocycles. The van der Waals surface area contributed by atoms with E-state index in [1.807, 2.05) is 6.20 Å². The number of carboxylic acids is 1. The smallest absolute Gasteiger partial charge is 0.320 e. The molecule has 1 unspecified atom stereocenters. The third-order valence-corrected chi connectivity index (χ3v) is 3.65.